The molecule has 0 spiro atoms. The van der Waals surface area contributed by atoms with E-state index >= 15 is 0 Å². The fraction of sp³-hybridized carbons (Fsp3) is 0.125. The minimum Gasteiger partial charge on any atom is -0.507 e. The Kier molecular flexibility index (Phi) is 3.08. The smallest absolute Gasteiger partial charge is 0.244 e. The summed E-state index contributed by atoms with van der Waals surface area (Å²) in [7, 11) is -3.34. The zero-order valence-corrected chi connectivity index (χ0v) is 8.32. The van der Waals surface area contributed by atoms with E-state index in [2.05, 4.69) is 5.10 Å². The number of rotatable bonds is 3. The Morgan fingerprint density at radius 2 is 2.07 bits per heavy atom. The standard InChI is InChI=1S/C8H10N2O3S/c1-14(12,13)10-9-6-7-4-2-3-5-8(7)11/h2-6,10-11H,1H3/b9-6-. The van der Waals surface area contributed by atoms with Crippen LogP contribution in [0.2, 0.25) is 0 Å². The Hall–Kier alpha value is -1.56. The summed E-state index contributed by atoms with van der Waals surface area (Å²) in [6, 6.07) is 6.47. The third-order valence-corrected chi connectivity index (χ3v) is 1.80. The average Bonchev–Trinajstić information content (AvgIpc) is 2.06. The van der Waals surface area contributed by atoms with E-state index in [0.29, 0.717) is 5.56 Å². The minimum atomic E-state index is -3.34. The summed E-state index contributed by atoms with van der Waals surface area (Å²) in [5, 5.41) is 12.7. The topological polar surface area (TPSA) is 78.8 Å². The van der Waals surface area contributed by atoms with Gasteiger partial charge in [0.25, 0.3) is 0 Å². The van der Waals surface area contributed by atoms with E-state index < -0.39 is 10.0 Å². The van der Waals surface area contributed by atoms with Crippen molar-refractivity contribution in [3.8, 4) is 5.75 Å². The quantitative estimate of drug-likeness (QED) is 0.560. The van der Waals surface area contributed by atoms with E-state index in [4.69, 9.17) is 0 Å². The molecule has 0 aliphatic rings. The van der Waals surface area contributed by atoms with E-state index in [1.54, 1.807) is 18.2 Å². The number of nitrogens with zero attached hydrogens (tertiary/aromatic N) is 1. The summed E-state index contributed by atoms with van der Waals surface area (Å²) in [6.07, 6.45) is 2.23. The van der Waals surface area contributed by atoms with Gasteiger partial charge in [0.1, 0.15) is 5.75 Å². The number of hydrogen-bond donors (Lipinski definition) is 2. The van der Waals surface area contributed by atoms with E-state index in [9.17, 15) is 13.5 Å². The van der Waals surface area contributed by atoms with Crippen LogP contribution in [0.15, 0.2) is 29.4 Å². The Morgan fingerprint density at radius 3 is 2.64 bits per heavy atom. The van der Waals surface area contributed by atoms with Crippen molar-refractivity contribution < 1.29 is 13.5 Å². The van der Waals surface area contributed by atoms with Crippen LogP contribution in [0.25, 0.3) is 0 Å². The second kappa shape index (κ2) is 4.10. The number of para-hydroxylation sites is 1. The molecular weight excluding hydrogens is 204 g/mol. The Balaban J connectivity index is 2.75. The average molecular weight is 214 g/mol. The van der Waals surface area contributed by atoms with Crippen LogP contribution >= 0.6 is 0 Å². The second-order valence-corrected chi connectivity index (χ2v) is 4.41. The molecule has 0 atom stereocenters. The van der Waals surface area contributed by atoms with Gasteiger partial charge in [0, 0.05) is 5.56 Å². The Bertz CT molecular complexity index is 440. The number of hydrogen-bond acceptors (Lipinski definition) is 4. The number of sulfonamides is 1. The maximum absolute atomic E-state index is 10.6. The molecule has 1 rings (SSSR count). The molecule has 14 heavy (non-hydrogen) atoms. The number of aromatic hydroxyl groups is 1. The maximum Gasteiger partial charge on any atom is 0.244 e. The van der Waals surface area contributed by atoms with Crippen molar-refractivity contribution in [1.29, 1.82) is 0 Å². The predicted molar refractivity (Wildman–Crippen MR) is 53.7 cm³/mol. The molecule has 0 heterocycles. The van der Waals surface area contributed by atoms with Gasteiger partial charge in [-0.15, -0.1) is 0 Å². The van der Waals surface area contributed by atoms with Crippen LogP contribution in [0, 0.1) is 0 Å². The monoisotopic (exact) mass is 214 g/mol. The molecular formula is C8H10N2O3S. The van der Waals surface area contributed by atoms with Crippen molar-refractivity contribution in [3.05, 3.63) is 29.8 Å². The van der Waals surface area contributed by atoms with Gasteiger partial charge in [0.15, 0.2) is 0 Å². The highest BCUT2D eigenvalue weighted by molar-refractivity contribution is 7.88. The predicted octanol–water partition coefficient (Wildman–Crippen LogP) is 0.275. The van der Waals surface area contributed by atoms with Crippen molar-refractivity contribution >= 4 is 16.2 Å². The molecule has 0 saturated heterocycles. The zero-order valence-electron chi connectivity index (χ0n) is 7.51. The van der Waals surface area contributed by atoms with E-state index in [1.807, 2.05) is 4.83 Å². The molecule has 5 nitrogen and oxygen atoms in total. The van der Waals surface area contributed by atoms with Crippen LogP contribution in [0.3, 0.4) is 0 Å². The van der Waals surface area contributed by atoms with Gasteiger partial charge in [-0.25, -0.2) is 13.2 Å². The largest absolute Gasteiger partial charge is 0.507 e. The first-order valence-corrected chi connectivity index (χ1v) is 5.66. The van der Waals surface area contributed by atoms with E-state index in [1.165, 1.54) is 12.3 Å². The molecule has 0 aliphatic heterocycles. The molecule has 0 aliphatic carbocycles. The minimum absolute atomic E-state index is 0.0477. The molecule has 2 N–H and O–H groups in total. The van der Waals surface area contributed by atoms with Crippen LogP contribution in [-0.2, 0) is 10.0 Å². The van der Waals surface area contributed by atoms with Crippen LogP contribution < -0.4 is 4.83 Å². The van der Waals surface area contributed by atoms with Crippen molar-refractivity contribution in [2.24, 2.45) is 5.10 Å². The normalized spacial score (nSPS) is 11.8. The van der Waals surface area contributed by atoms with Gasteiger partial charge in [0.05, 0.1) is 12.5 Å². The highest BCUT2D eigenvalue weighted by atomic mass is 32.2. The highest BCUT2D eigenvalue weighted by Crippen LogP contribution is 2.12. The fourth-order valence-corrected chi connectivity index (χ4v) is 1.03. The molecule has 1 aromatic rings. The third-order valence-electron chi connectivity index (χ3n) is 1.36. The molecule has 0 radical (unpaired) electrons. The van der Waals surface area contributed by atoms with Crippen molar-refractivity contribution in [3.63, 3.8) is 0 Å². The van der Waals surface area contributed by atoms with Crippen molar-refractivity contribution in [1.82, 2.24) is 4.83 Å². The molecule has 76 valence electrons. The van der Waals surface area contributed by atoms with Gasteiger partial charge < -0.3 is 5.11 Å². The molecule has 0 fully saturated rings. The lowest BCUT2D eigenvalue weighted by molar-refractivity contribution is 0.474. The SMILES string of the molecule is CS(=O)(=O)N/N=C\c1ccccc1O. The first kappa shape index (κ1) is 10.5. The molecule has 0 amide bonds. The molecule has 0 saturated carbocycles. The number of phenolic OH excluding ortho intramolecular Hbond substituents is 1. The number of phenols is 1. The van der Waals surface area contributed by atoms with Gasteiger partial charge in [-0.05, 0) is 12.1 Å². The van der Waals surface area contributed by atoms with Crippen LogP contribution in [0.5, 0.6) is 5.75 Å². The van der Waals surface area contributed by atoms with Crippen LogP contribution in [0.4, 0.5) is 0 Å². The number of hydrazone groups is 1. The molecule has 0 bridgehead atoms. The van der Waals surface area contributed by atoms with Gasteiger partial charge in [0.2, 0.25) is 10.0 Å². The first-order valence-electron chi connectivity index (χ1n) is 3.77. The molecule has 0 aromatic heterocycles. The van der Waals surface area contributed by atoms with Gasteiger partial charge in [-0.1, -0.05) is 12.1 Å². The van der Waals surface area contributed by atoms with Crippen LogP contribution in [0.1, 0.15) is 5.56 Å². The summed E-state index contributed by atoms with van der Waals surface area (Å²) >= 11 is 0. The molecule has 0 unspecified atom stereocenters. The Morgan fingerprint density at radius 1 is 1.43 bits per heavy atom. The fourth-order valence-electron chi connectivity index (χ4n) is 0.788. The third kappa shape index (κ3) is 3.44. The highest BCUT2D eigenvalue weighted by Gasteiger charge is 1.97. The summed E-state index contributed by atoms with van der Waals surface area (Å²) in [5.74, 6) is 0.0477. The summed E-state index contributed by atoms with van der Waals surface area (Å²) in [6.45, 7) is 0. The van der Waals surface area contributed by atoms with Crippen molar-refractivity contribution in [2.75, 3.05) is 6.26 Å². The number of nitrogens with one attached hydrogen (secondary N) is 1. The van der Waals surface area contributed by atoms with Gasteiger partial charge in [-0.3, -0.25) is 0 Å². The van der Waals surface area contributed by atoms with E-state index in [-0.39, 0.29) is 5.75 Å². The second-order valence-electron chi connectivity index (χ2n) is 2.68. The van der Waals surface area contributed by atoms with Gasteiger partial charge in [-0.2, -0.15) is 5.10 Å². The number of benzene rings is 1. The lowest BCUT2D eigenvalue weighted by Gasteiger charge is -1.97. The molecule has 1 aromatic carbocycles. The Labute approximate surface area is 82.1 Å². The molecule has 6 heteroatoms. The lowest BCUT2D eigenvalue weighted by Crippen LogP contribution is -2.15. The lowest BCUT2D eigenvalue weighted by atomic mass is 10.2. The maximum atomic E-state index is 10.6. The van der Waals surface area contributed by atoms with Crippen molar-refractivity contribution in [2.45, 2.75) is 0 Å². The summed E-state index contributed by atoms with van der Waals surface area (Å²) < 4.78 is 21.2. The van der Waals surface area contributed by atoms with E-state index in [0.717, 1.165) is 6.26 Å². The van der Waals surface area contributed by atoms with Gasteiger partial charge >= 0.3 is 0 Å². The zero-order chi connectivity index (χ0) is 10.6. The van der Waals surface area contributed by atoms with Crippen LogP contribution in [-0.4, -0.2) is 26.0 Å². The first-order chi connectivity index (χ1) is 6.49. The summed E-state index contributed by atoms with van der Waals surface area (Å²) in [5.41, 5.74) is 0.448. The summed E-state index contributed by atoms with van der Waals surface area (Å²) in [4.78, 5) is 1.93.